The number of nitrogens with one attached hydrogen (secondary N) is 1. The van der Waals surface area contributed by atoms with Gasteiger partial charge in [-0.1, -0.05) is 69.5 Å². The lowest BCUT2D eigenvalue weighted by Crippen LogP contribution is -2.39. The summed E-state index contributed by atoms with van der Waals surface area (Å²) in [5, 5.41) is 4.33. The van der Waals surface area contributed by atoms with Crippen LogP contribution in [-0.4, -0.2) is 27.1 Å². The van der Waals surface area contributed by atoms with Crippen LogP contribution in [0.25, 0.3) is 0 Å². The van der Waals surface area contributed by atoms with Gasteiger partial charge in [0.2, 0.25) is 0 Å². The van der Waals surface area contributed by atoms with Crippen molar-refractivity contribution in [3.8, 4) is 0 Å². The fourth-order valence-corrected chi connectivity index (χ4v) is 4.56. The van der Waals surface area contributed by atoms with E-state index in [1.165, 1.54) is 36.5 Å². The molecule has 31 heavy (non-hydrogen) atoms. The topological polar surface area (TPSA) is 78.8 Å². The minimum absolute atomic E-state index is 0.0345. The van der Waals surface area contributed by atoms with Crippen molar-refractivity contribution in [2.75, 3.05) is 10.8 Å². The number of carbonyl (C=O) groups excluding carboxylic acids is 1. The quantitative estimate of drug-likeness (QED) is 0.334. The molecule has 0 aliphatic rings. The molecule has 0 radical (unpaired) electrons. The van der Waals surface area contributed by atoms with Crippen LogP contribution < -0.4 is 9.73 Å². The fourth-order valence-electron chi connectivity index (χ4n) is 2.57. The van der Waals surface area contributed by atoms with Crippen molar-refractivity contribution in [3.63, 3.8) is 0 Å². The number of hydrogen-bond donors (Lipinski definition) is 1. The number of hydrogen-bond acceptors (Lipinski definition) is 4. The Morgan fingerprint density at radius 2 is 1.68 bits per heavy atom. The van der Waals surface area contributed by atoms with Gasteiger partial charge < -0.3 is 0 Å². The van der Waals surface area contributed by atoms with Crippen LogP contribution in [0.2, 0.25) is 10.0 Å². The highest BCUT2D eigenvalue weighted by Crippen LogP contribution is 2.30. The number of halogens is 3. The van der Waals surface area contributed by atoms with Gasteiger partial charge in [-0.3, -0.25) is 9.10 Å². The van der Waals surface area contributed by atoms with Crippen LogP contribution in [0.15, 0.2) is 87.3 Å². The molecule has 0 saturated carbocycles. The Morgan fingerprint density at radius 1 is 1.00 bits per heavy atom. The number of amides is 1. The molecule has 0 aliphatic heterocycles. The second-order valence-corrected chi connectivity index (χ2v) is 9.86. The third kappa shape index (κ3) is 6.07. The summed E-state index contributed by atoms with van der Waals surface area (Å²) >= 11 is 15.4. The normalized spacial score (nSPS) is 11.5. The molecule has 0 heterocycles. The Hall–Kier alpha value is -2.39. The van der Waals surface area contributed by atoms with Gasteiger partial charge in [0, 0.05) is 4.47 Å². The SMILES string of the molecule is O=C(CN(c1ccc(Cl)c(Cl)c1)S(=O)(=O)c1ccccc1)N/N=C\c1ccc(Br)cc1. The lowest BCUT2D eigenvalue weighted by atomic mass is 10.2. The van der Waals surface area contributed by atoms with E-state index in [9.17, 15) is 13.2 Å². The lowest BCUT2D eigenvalue weighted by Gasteiger charge is -2.24. The van der Waals surface area contributed by atoms with Crippen LogP contribution in [0, 0.1) is 0 Å². The molecule has 0 fully saturated rings. The van der Waals surface area contributed by atoms with Crippen molar-refractivity contribution in [1.82, 2.24) is 5.43 Å². The molecule has 1 N–H and O–H groups in total. The third-order valence-corrected chi connectivity index (χ3v) is 7.14. The molecular formula is C21H16BrCl2N3O3S. The zero-order chi connectivity index (χ0) is 22.4. The number of hydrazone groups is 1. The van der Waals surface area contributed by atoms with E-state index in [1.807, 2.05) is 24.3 Å². The van der Waals surface area contributed by atoms with E-state index < -0.39 is 22.5 Å². The molecule has 3 aromatic rings. The van der Waals surface area contributed by atoms with Crippen molar-refractivity contribution < 1.29 is 13.2 Å². The standard InChI is InChI=1S/C21H16BrCl2N3O3S/c22-16-8-6-15(7-9-16)13-25-26-21(28)14-27(17-10-11-19(23)20(24)12-17)31(29,30)18-4-2-1-3-5-18/h1-13H,14H2,(H,26,28)/b25-13-. The summed E-state index contributed by atoms with van der Waals surface area (Å²) in [6, 6.07) is 19.4. The number of nitrogens with zero attached hydrogens (tertiary/aromatic N) is 2. The van der Waals surface area contributed by atoms with E-state index in [0.717, 1.165) is 14.3 Å². The number of carbonyl (C=O) groups is 1. The van der Waals surface area contributed by atoms with Gasteiger partial charge in [-0.2, -0.15) is 5.10 Å². The van der Waals surface area contributed by atoms with E-state index >= 15 is 0 Å². The fraction of sp³-hybridized carbons (Fsp3) is 0.0476. The Labute approximate surface area is 198 Å². The summed E-state index contributed by atoms with van der Waals surface area (Å²) in [6.45, 7) is -0.507. The molecule has 6 nitrogen and oxygen atoms in total. The Balaban J connectivity index is 1.85. The van der Waals surface area contributed by atoms with Crippen molar-refractivity contribution in [3.05, 3.63) is 92.9 Å². The van der Waals surface area contributed by atoms with Gasteiger partial charge in [-0.25, -0.2) is 13.8 Å². The first-order valence-corrected chi connectivity index (χ1v) is 11.9. The molecule has 160 valence electrons. The van der Waals surface area contributed by atoms with Crippen LogP contribution in [0.3, 0.4) is 0 Å². The molecule has 0 atom stereocenters. The highest BCUT2D eigenvalue weighted by molar-refractivity contribution is 9.10. The molecule has 0 saturated heterocycles. The highest BCUT2D eigenvalue weighted by Gasteiger charge is 2.27. The van der Waals surface area contributed by atoms with Crippen LogP contribution >= 0.6 is 39.1 Å². The predicted octanol–water partition coefficient (Wildman–Crippen LogP) is 5.10. The zero-order valence-corrected chi connectivity index (χ0v) is 19.8. The number of rotatable bonds is 7. The molecular weight excluding hydrogens is 525 g/mol. The molecule has 0 unspecified atom stereocenters. The molecule has 0 bridgehead atoms. The summed E-state index contributed by atoms with van der Waals surface area (Å²) in [7, 11) is -4.05. The number of benzene rings is 3. The van der Waals surface area contributed by atoms with Gasteiger partial charge in [-0.05, 0) is 48.0 Å². The largest absolute Gasteiger partial charge is 0.271 e. The average molecular weight is 541 g/mol. The summed E-state index contributed by atoms with van der Waals surface area (Å²) in [5.41, 5.74) is 3.31. The second-order valence-electron chi connectivity index (χ2n) is 6.27. The second kappa shape index (κ2) is 10.3. The molecule has 0 aromatic heterocycles. The van der Waals surface area contributed by atoms with Crippen molar-refractivity contribution >= 4 is 67.0 Å². The van der Waals surface area contributed by atoms with Gasteiger partial charge in [0.1, 0.15) is 6.54 Å². The summed E-state index contributed by atoms with van der Waals surface area (Å²) in [6.07, 6.45) is 1.46. The van der Waals surface area contributed by atoms with Gasteiger partial charge in [0.25, 0.3) is 15.9 Å². The van der Waals surface area contributed by atoms with E-state index in [2.05, 4.69) is 26.5 Å². The molecule has 0 spiro atoms. The maximum atomic E-state index is 13.2. The van der Waals surface area contributed by atoms with Crippen LogP contribution in [-0.2, 0) is 14.8 Å². The first kappa shape index (κ1) is 23.3. The van der Waals surface area contributed by atoms with E-state index in [-0.39, 0.29) is 20.6 Å². The number of anilines is 1. The van der Waals surface area contributed by atoms with Crippen LogP contribution in [0.1, 0.15) is 5.56 Å². The van der Waals surface area contributed by atoms with Gasteiger partial charge in [0.15, 0.2) is 0 Å². The lowest BCUT2D eigenvalue weighted by molar-refractivity contribution is -0.119. The highest BCUT2D eigenvalue weighted by atomic mass is 79.9. The van der Waals surface area contributed by atoms with Gasteiger partial charge in [0.05, 0.1) is 26.8 Å². The molecule has 3 rings (SSSR count). The first-order valence-electron chi connectivity index (χ1n) is 8.88. The summed E-state index contributed by atoms with van der Waals surface area (Å²) in [4.78, 5) is 12.5. The summed E-state index contributed by atoms with van der Waals surface area (Å²) in [5.74, 6) is -0.626. The number of sulfonamides is 1. The zero-order valence-electron chi connectivity index (χ0n) is 15.9. The maximum Gasteiger partial charge on any atom is 0.264 e. The smallest absolute Gasteiger partial charge is 0.264 e. The maximum absolute atomic E-state index is 13.2. The Bertz CT molecular complexity index is 1200. The van der Waals surface area contributed by atoms with Crippen molar-refractivity contribution in [2.45, 2.75) is 4.90 Å². The molecule has 3 aromatic carbocycles. The Kier molecular flexibility index (Phi) is 7.72. The van der Waals surface area contributed by atoms with Crippen LogP contribution in [0.5, 0.6) is 0 Å². The van der Waals surface area contributed by atoms with E-state index in [4.69, 9.17) is 23.2 Å². The molecule has 10 heteroatoms. The predicted molar refractivity (Wildman–Crippen MR) is 127 cm³/mol. The minimum atomic E-state index is -4.05. The first-order chi connectivity index (χ1) is 14.8. The van der Waals surface area contributed by atoms with Crippen molar-refractivity contribution in [2.24, 2.45) is 5.10 Å². The van der Waals surface area contributed by atoms with Crippen molar-refractivity contribution in [1.29, 1.82) is 0 Å². The van der Waals surface area contributed by atoms with E-state index in [0.29, 0.717) is 0 Å². The Morgan fingerprint density at radius 3 is 2.32 bits per heavy atom. The summed E-state index contributed by atoms with van der Waals surface area (Å²) < 4.78 is 28.3. The average Bonchev–Trinajstić information content (AvgIpc) is 2.76. The monoisotopic (exact) mass is 539 g/mol. The van der Waals surface area contributed by atoms with Crippen LogP contribution in [0.4, 0.5) is 5.69 Å². The van der Waals surface area contributed by atoms with Gasteiger partial charge >= 0.3 is 0 Å². The minimum Gasteiger partial charge on any atom is -0.271 e. The van der Waals surface area contributed by atoms with E-state index in [1.54, 1.807) is 18.2 Å². The third-order valence-electron chi connectivity index (χ3n) is 4.08. The molecule has 0 aliphatic carbocycles. The van der Waals surface area contributed by atoms with Gasteiger partial charge in [-0.15, -0.1) is 0 Å². The molecule has 1 amide bonds.